The molecule has 1 amide bonds. The summed E-state index contributed by atoms with van der Waals surface area (Å²) < 4.78 is 33.8. The van der Waals surface area contributed by atoms with E-state index in [4.69, 9.17) is 4.42 Å². The van der Waals surface area contributed by atoms with Gasteiger partial charge in [0.05, 0.1) is 21.0 Å². The molecule has 10 heteroatoms. The van der Waals surface area contributed by atoms with Crippen molar-refractivity contribution in [3.8, 4) is 0 Å². The maximum atomic E-state index is 13.6. The van der Waals surface area contributed by atoms with Crippen LogP contribution in [0.15, 0.2) is 52.1 Å². The van der Waals surface area contributed by atoms with E-state index in [2.05, 4.69) is 20.5 Å². The molecule has 2 heterocycles. The molecule has 0 aliphatic carbocycles. The van der Waals surface area contributed by atoms with Crippen LogP contribution in [0.25, 0.3) is 10.2 Å². The van der Waals surface area contributed by atoms with Gasteiger partial charge in [0, 0.05) is 24.9 Å². The number of carbonyl (C=O) groups is 1. The first-order valence-electron chi connectivity index (χ1n) is 9.07. The molecule has 0 fully saturated rings. The SMILES string of the molecule is O=C(CSc1nnc(CCc2nc3ccccc3s2)o1)NCc1c(F)cccc1F. The van der Waals surface area contributed by atoms with Crippen LogP contribution in [-0.2, 0) is 24.2 Å². The molecule has 4 aromatic rings. The molecule has 2 aromatic heterocycles. The van der Waals surface area contributed by atoms with E-state index >= 15 is 0 Å². The second kappa shape index (κ2) is 9.31. The molecule has 0 bridgehead atoms. The first-order valence-corrected chi connectivity index (χ1v) is 10.9. The topological polar surface area (TPSA) is 80.9 Å². The molecule has 4 rings (SSSR count). The lowest BCUT2D eigenvalue weighted by Crippen LogP contribution is -2.25. The molecule has 0 unspecified atom stereocenters. The Labute approximate surface area is 178 Å². The summed E-state index contributed by atoms with van der Waals surface area (Å²) in [6.45, 7) is -0.227. The smallest absolute Gasteiger partial charge is 0.277 e. The van der Waals surface area contributed by atoms with E-state index in [1.165, 1.54) is 6.07 Å². The van der Waals surface area contributed by atoms with Gasteiger partial charge < -0.3 is 9.73 Å². The van der Waals surface area contributed by atoms with Gasteiger partial charge in [-0.05, 0) is 24.3 Å². The van der Waals surface area contributed by atoms with E-state index < -0.39 is 17.5 Å². The zero-order valence-corrected chi connectivity index (χ0v) is 17.2. The summed E-state index contributed by atoms with van der Waals surface area (Å²) in [5.41, 5.74) is 0.798. The van der Waals surface area contributed by atoms with Crippen LogP contribution in [0.1, 0.15) is 16.5 Å². The Hall–Kier alpha value is -2.85. The van der Waals surface area contributed by atoms with E-state index in [-0.39, 0.29) is 23.1 Å². The Bertz CT molecular complexity index is 1130. The third-order valence-electron chi connectivity index (χ3n) is 4.19. The number of nitrogens with one attached hydrogen (secondary N) is 1. The summed E-state index contributed by atoms with van der Waals surface area (Å²) in [6.07, 6.45) is 1.23. The van der Waals surface area contributed by atoms with Gasteiger partial charge in [-0.25, -0.2) is 13.8 Å². The van der Waals surface area contributed by atoms with Crippen molar-refractivity contribution in [2.75, 3.05) is 5.75 Å². The summed E-state index contributed by atoms with van der Waals surface area (Å²) in [5, 5.41) is 11.6. The predicted molar refractivity (Wildman–Crippen MR) is 110 cm³/mol. The maximum absolute atomic E-state index is 13.6. The van der Waals surface area contributed by atoms with Crippen LogP contribution in [-0.4, -0.2) is 26.8 Å². The minimum atomic E-state index is -0.697. The molecule has 154 valence electrons. The average Bonchev–Trinajstić information content (AvgIpc) is 3.36. The van der Waals surface area contributed by atoms with Gasteiger partial charge in [-0.3, -0.25) is 4.79 Å². The van der Waals surface area contributed by atoms with Crippen LogP contribution < -0.4 is 5.32 Å². The van der Waals surface area contributed by atoms with Gasteiger partial charge in [0.2, 0.25) is 11.8 Å². The van der Waals surface area contributed by atoms with E-state index in [0.717, 1.165) is 39.1 Å². The van der Waals surface area contributed by atoms with Gasteiger partial charge in [0.25, 0.3) is 5.22 Å². The van der Waals surface area contributed by atoms with Gasteiger partial charge in [0.1, 0.15) is 11.6 Å². The fourth-order valence-corrected chi connectivity index (χ4v) is 4.28. The predicted octanol–water partition coefficient (Wildman–Crippen LogP) is 4.15. The zero-order valence-electron chi connectivity index (χ0n) is 15.6. The third-order valence-corrected chi connectivity index (χ3v) is 6.10. The third kappa shape index (κ3) is 5.00. The van der Waals surface area contributed by atoms with Crippen molar-refractivity contribution in [3.63, 3.8) is 0 Å². The molecule has 0 aliphatic rings. The number of hydrogen-bond donors (Lipinski definition) is 1. The molecule has 30 heavy (non-hydrogen) atoms. The number of thiazole rings is 1. The minimum Gasteiger partial charge on any atom is -0.416 e. The van der Waals surface area contributed by atoms with Crippen molar-refractivity contribution in [2.24, 2.45) is 0 Å². The summed E-state index contributed by atoms with van der Waals surface area (Å²) >= 11 is 2.70. The number of halogens is 2. The van der Waals surface area contributed by atoms with E-state index in [0.29, 0.717) is 18.7 Å². The van der Waals surface area contributed by atoms with Crippen molar-refractivity contribution < 1.29 is 18.0 Å². The molecular weight excluding hydrogens is 430 g/mol. The highest BCUT2D eigenvalue weighted by atomic mass is 32.2. The van der Waals surface area contributed by atoms with E-state index in [1.807, 2.05) is 24.3 Å². The quantitative estimate of drug-likeness (QED) is 0.410. The highest BCUT2D eigenvalue weighted by molar-refractivity contribution is 7.99. The number of benzene rings is 2. The van der Waals surface area contributed by atoms with Crippen molar-refractivity contribution in [2.45, 2.75) is 24.6 Å². The number of para-hydroxylation sites is 1. The number of nitrogens with zero attached hydrogens (tertiary/aromatic N) is 3. The Morgan fingerprint density at radius 1 is 1.07 bits per heavy atom. The normalized spacial score (nSPS) is 11.1. The molecular formula is C20H16F2N4O2S2. The first kappa shape index (κ1) is 20.4. The Balaban J connectivity index is 1.24. The molecule has 0 radical (unpaired) electrons. The van der Waals surface area contributed by atoms with Crippen molar-refractivity contribution >= 4 is 39.2 Å². The molecule has 6 nitrogen and oxygen atoms in total. The minimum absolute atomic E-state index is 0.00439. The fraction of sp³-hybridized carbons (Fsp3) is 0.200. The number of aromatic nitrogens is 3. The first-order chi connectivity index (χ1) is 14.6. The van der Waals surface area contributed by atoms with Crippen molar-refractivity contribution in [1.82, 2.24) is 20.5 Å². The Kier molecular flexibility index (Phi) is 6.34. The lowest BCUT2D eigenvalue weighted by atomic mass is 10.2. The monoisotopic (exact) mass is 446 g/mol. The highest BCUT2D eigenvalue weighted by Gasteiger charge is 2.13. The summed E-state index contributed by atoms with van der Waals surface area (Å²) in [6, 6.07) is 11.5. The van der Waals surface area contributed by atoms with Gasteiger partial charge in [-0.2, -0.15) is 0 Å². The number of rotatable bonds is 8. The second-order valence-corrected chi connectivity index (χ2v) is 8.34. The van der Waals surface area contributed by atoms with Crippen LogP contribution in [0.4, 0.5) is 8.78 Å². The number of carbonyl (C=O) groups excluding carboxylic acids is 1. The standard InChI is InChI=1S/C20H16F2N4O2S2/c21-13-4-3-5-14(22)12(13)10-23-17(27)11-29-20-26-25-18(28-20)8-9-19-24-15-6-1-2-7-16(15)30-19/h1-7H,8-11H2,(H,23,27). The number of aryl methyl sites for hydroxylation is 2. The van der Waals surface area contributed by atoms with Crippen LogP contribution in [0.5, 0.6) is 0 Å². The lowest BCUT2D eigenvalue weighted by Gasteiger charge is -2.06. The molecule has 0 spiro atoms. The summed E-state index contributed by atoms with van der Waals surface area (Å²) in [7, 11) is 0. The van der Waals surface area contributed by atoms with Gasteiger partial charge in [0.15, 0.2) is 0 Å². The molecule has 0 aliphatic heterocycles. The maximum Gasteiger partial charge on any atom is 0.277 e. The van der Waals surface area contributed by atoms with Crippen molar-refractivity contribution in [3.05, 3.63) is 70.6 Å². The second-order valence-electron chi connectivity index (χ2n) is 6.30. The van der Waals surface area contributed by atoms with Gasteiger partial charge >= 0.3 is 0 Å². The fourth-order valence-electron chi connectivity index (χ4n) is 2.70. The number of thioether (sulfide) groups is 1. The Morgan fingerprint density at radius 2 is 1.87 bits per heavy atom. The van der Waals surface area contributed by atoms with Crippen LogP contribution in [0.2, 0.25) is 0 Å². The average molecular weight is 447 g/mol. The van der Waals surface area contributed by atoms with Gasteiger partial charge in [-0.1, -0.05) is 30.0 Å². The van der Waals surface area contributed by atoms with Crippen molar-refractivity contribution in [1.29, 1.82) is 0 Å². The number of fused-ring (bicyclic) bond motifs is 1. The van der Waals surface area contributed by atoms with E-state index in [9.17, 15) is 13.6 Å². The van der Waals surface area contributed by atoms with Gasteiger partial charge in [-0.15, -0.1) is 21.5 Å². The molecule has 2 aromatic carbocycles. The summed E-state index contributed by atoms with van der Waals surface area (Å²) in [5.74, 6) is -1.33. The van der Waals surface area contributed by atoms with E-state index in [1.54, 1.807) is 11.3 Å². The number of amides is 1. The van der Waals surface area contributed by atoms with Crippen LogP contribution >= 0.6 is 23.1 Å². The lowest BCUT2D eigenvalue weighted by molar-refractivity contribution is -0.118. The Morgan fingerprint density at radius 3 is 2.67 bits per heavy atom. The highest BCUT2D eigenvalue weighted by Crippen LogP contribution is 2.23. The zero-order chi connectivity index (χ0) is 20.9. The van der Waals surface area contributed by atoms with Crippen LogP contribution in [0, 0.1) is 11.6 Å². The number of hydrogen-bond acceptors (Lipinski definition) is 7. The molecule has 1 N–H and O–H groups in total. The molecule has 0 saturated carbocycles. The van der Waals surface area contributed by atoms with Crippen LogP contribution in [0.3, 0.4) is 0 Å². The summed E-state index contributed by atoms with van der Waals surface area (Å²) in [4.78, 5) is 16.5. The molecule has 0 atom stereocenters. The largest absolute Gasteiger partial charge is 0.416 e. The molecule has 0 saturated heterocycles.